The minimum absolute atomic E-state index is 0.0684. The van der Waals surface area contributed by atoms with Crippen LogP contribution in [0.5, 0.6) is 11.5 Å². The van der Waals surface area contributed by atoms with E-state index in [1.54, 1.807) is 14.2 Å². The molecule has 1 fully saturated rings. The summed E-state index contributed by atoms with van der Waals surface area (Å²) in [6.45, 7) is 1.28. The Hall–Kier alpha value is -2.44. The third kappa shape index (κ3) is 5.69. The predicted molar refractivity (Wildman–Crippen MR) is 88.6 cm³/mol. The van der Waals surface area contributed by atoms with E-state index in [-0.39, 0.29) is 18.4 Å². The van der Waals surface area contributed by atoms with Crippen LogP contribution in [0.15, 0.2) is 23.2 Å². The highest BCUT2D eigenvalue weighted by atomic mass is 16.5. The van der Waals surface area contributed by atoms with E-state index in [2.05, 4.69) is 15.6 Å². The summed E-state index contributed by atoms with van der Waals surface area (Å²) in [5.41, 5.74) is 6.70. The van der Waals surface area contributed by atoms with Gasteiger partial charge in [0.1, 0.15) is 0 Å². The lowest BCUT2D eigenvalue weighted by molar-refractivity contribution is -0.120. The van der Waals surface area contributed by atoms with Crippen molar-refractivity contribution < 1.29 is 14.3 Å². The van der Waals surface area contributed by atoms with Crippen molar-refractivity contribution in [2.24, 2.45) is 16.6 Å². The van der Waals surface area contributed by atoms with Crippen molar-refractivity contribution in [3.8, 4) is 11.5 Å². The molecule has 7 heteroatoms. The van der Waals surface area contributed by atoms with E-state index in [9.17, 15) is 4.79 Å². The van der Waals surface area contributed by atoms with Gasteiger partial charge in [-0.25, -0.2) is 4.99 Å². The van der Waals surface area contributed by atoms with Crippen LogP contribution in [0.4, 0.5) is 0 Å². The van der Waals surface area contributed by atoms with E-state index in [1.807, 2.05) is 18.2 Å². The van der Waals surface area contributed by atoms with Crippen molar-refractivity contribution in [3.05, 3.63) is 23.8 Å². The lowest BCUT2D eigenvalue weighted by atomic mass is 10.2. The maximum absolute atomic E-state index is 11.6. The van der Waals surface area contributed by atoms with Crippen molar-refractivity contribution in [3.63, 3.8) is 0 Å². The zero-order chi connectivity index (χ0) is 16.7. The fourth-order valence-corrected chi connectivity index (χ4v) is 2.02. The molecular formula is C16H24N4O3. The van der Waals surface area contributed by atoms with E-state index in [0.717, 1.165) is 12.1 Å². The van der Waals surface area contributed by atoms with E-state index >= 15 is 0 Å². The second-order valence-corrected chi connectivity index (χ2v) is 5.49. The lowest BCUT2D eigenvalue weighted by Gasteiger charge is -2.09. The van der Waals surface area contributed by atoms with Crippen molar-refractivity contribution in [1.29, 1.82) is 0 Å². The summed E-state index contributed by atoms with van der Waals surface area (Å²) in [5, 5.41) is 5.67. The largest absolute Gasteiger partial charge is 0.493 e. The van der Waals surface area contributed by atoms with Crippen molar-refractivity contribution in [2.45, 2.75) is 19.4 Å². The highest BCUT2D eigenvalue weighted by molar-refractivity contribution is 5.85. The second kappa shape index (κ2) is 8.26. The second-order valence-electron chi connectivity index (χ2n) is 5.49. The molecule has 0 atom stereocenters. The van der Waals surface area contributed by atoms with Crippen LogP contribution in [0.1, 0.15) is 18.4 Å². The number of ether oxygens (including phenoxy) is 2. The molecule has 1 aromatic rings. The van der Waals surface area contributed by atoms with E-state index in [0.29, 0.717) is 24.0 Å². The number of guanidine groups is 1. The molecular weight excluding hydrogens is 296 g/mol. The molecule has 0 spiro atoms. The molecule has 0 heterocycles. The van der Waals surface area contributed by atoms with Crippen LogP contribution >= 0.6 is 0 Å². The molecule has 0 radical (unpaired) electrons. The van der Waals surface area contributed by atoms with Crippen LogP contribution in [0.25, 0.3) is 0 Å². The summed E-state index contributed by atoms with van der Waals surface area (Å²) >= 11 is 0. The number of nitrogens with zero attached hydrogens (tertiary/aromatic N) is 1. The van der Waals surface area contributed by atoms with Gasteiger partial charge in [-0.2, -0.15) is 0 Å². The topological polar surface area (TPSA) is 98.0 Å². The van der Waals surface area contributed by atoms with Gasteiger partial charge in [-0.15, -0.1) is 0 Å². The number of carbonyl (C=O) groups is 1. The highest BCUT2D eigenvalue weighted by Gasteiger charge is 2.21. The van der Waals surface area contributed by atoms with E-state index < -0.39 is 0 Å². The molecule has 0 unspecified atom stereocenters. The number of aliphatic imine (C=N–C) groups is 1. The molecule has 0 saturated heterocycles. The first-order valence-electron chi connectivity index (χ1n) is 7.63. The first kappa shape index (κ1) is 16.9. The van der Waals surface area contributed by atoms with Gasteiger partial charge in [0.05, 0.1) is 27.3 Å². The Kier molecular flexibility index (Phi) is 6.08. The fraction of sp³-hybridized carbons (Fsp3) is 0.500. The van der Waals surface area contributed by atoms with Crippen molar-refractivity contribution >= 4 is 11.9 Å². The van der Waals surface area contributed by atoms with Gasteiger partial charge in [-0.05, 0) is 36.5 Å². The number of hydrogen-bond donors (Lipinski definition) is 3. The zero-order valence-corrected chi connectivity index (χ0v) is 13.6. The van der Waals surface area contributed by atoms with Gasteiger partial charge in [0.25, 0.3) is 0 Å². The number of methoxy groups -OCH3 is 2. The Morgan fingerprint density at radius 1 is 1.26 bits per heavy atom. The van der Waals surface area contributed by atoms with Crippen LogP contribution < -0.4 is 25.8 Å². The Balaban J connectivity index is 1.77. The molecule has 0 aromatic heterocycles. The smallest absolute Gasteiger partial charge is 0.239 e. The van der Waals surface area contributed by atoms with Gasteiger partial charge < -0.3 is 25.8 Å². The first-order chi connectivity index (χ1) is 11.1. The summed E-state index contributed by atoms with van der Waals surface area (Å²) < 4.78 is 10.4. The van der Waals surface area contributed by atoms with Crippen LogP contribution in [0.2, 0.25) is 0 Å². The van der Waals surface area contributed by atoms with Crippen molar-refractivity contribution in [1.82, 2.24) is 10.6 Å². The number of nitrogens with one attached hydrogen (secondary N) is 2. The highest BCUT2D eigenvalue weighted by Crippen LogP contribution is 2.28. The molecule has 1 aliphatic rings. The Bertz CT molecular complexity index is 570. The van der Waals surface area contributed by atoms with Crippen LogP contribution in [0, 0.1) is 5.92 Å². The molecule has 126 valence electrons. The monoisotopic (exact) mass is 320 g/mol. The molecule has 23 heavy (non-hydrogen) atoms. The number of rotatable bonds is 8. The van der Waals surface area contributed by atoms with Crippen LogP contribution in [-0.4, -0.2) is 39.2 Å². The molecule has 1 aromatic carbocycles. The van der Waals surface area contributed by atoms with Gasteiger partial charge in [-0.1, -0.05) is 6.07 Å². The molecule has 1 saturated carbocycles. The van der Waals surface area contributed by atoms with Gasteiger partial charge >= 0.3 is 0 Å². The molecule has 2 rings (SSSR count). The molecule has 0 aliphatic heterocycles. The van der Waals surface area contributed by atoms with E-state index in [4.69, 9.17) is 15.2 Å². The average molecular weight is 320 g/mol. The molecule has 1 amide bonds. The Labute approximate surface area is 136 Å². The number of benzene rings is 1. The lowest BCUT2D eigenvalue weighted by Crippen LogP contribution is -2.41. The maximum Gasteiger partial charge on any atom is 0.239 e. The van der Waals surface area contributed by atoms with Gasteiger partial charge in [-0.3, -0.25) is 4.79 Å². The normalized spacial score (nSPS) is 14.3. The average Bonchev–Trinajstić information content (AvgIpc) is 3.40. The van der Waals surface area contributed by atoms with E-state index in [1.165, 1.54) is 12.8 Å². The molecule has 0 bridgehead atoms. The number of amides is 1. The van der Waals surface area contributed by atoms with Crippen LogP contribution in [-0.2, 0) is 11.3 Å². The standard InChI is InChI=1S/C16H24N4O3/c1-22-13-6-5-12(7-14(13)23-2)9-19-16(17)20-10-15(21)18-8-11-3-4-11/h5-7,11H,3-4,8-10H2,1-2H3,(H,18,21)(H3,17,19,20). The minimum Gasteiger partial charge on any atom is -0.493 e. The SMILES string of the molecule is COc1ccc(CN=C(N)NCC(=O)NCC2CC2)cc1OC. The zero-order valence-electron chi connectivity index (χ0n) is 13.6. The number of nitrogens with two attached hydrogens (primary N) is 1. The molecule has 1 aliphatic carbocycles. The van der Waals surface area contributed by atoms with Crippen molar-refractivity contribution in [2.75, 3.05) is 27.3 Å². The summed E-state index contributed by atoms with van der Waals surface area (Å²) in [6.07, 6.45) is 2.42. The summed E-state index contributed by atoms with van der Waals surface area (Å²) in [7, 11) is 3.17. The minimum atomic E-state index is -0.0684. The van der Waals surface area contributed by atoms with Crippen LogP contribution in [0.3, 0.4) is 0 Å². The number of carbonyl (C=O) groups excluding carboxylic acids is 1. The van der Waals surface area contributed by atoms with Gasteiger partial charge in [0.2, 0.25) is 5.91 Å². The quantitative estimate of drug-likeness (QED) is 0.482. The number of hydrogen-bond acceptors (Lipinski definition) is 4. The summed E-state index contributed by atoms with van der Waals surface area (Å²) in [4.78, 5) is 15.8. The predicted octanol–water partition coefficient (Wildman–Crippen LogP) is 0.634. The maximum atomic E-state index is 11.6. The third-order valence-corrected chi connectivity index (χ3v) is 3.59. The fourth-order valence-electron chi connectivity index (χ4n) is 2.02. The molecule has 4 N–H and O–H groups in total. The Morgan fingerprint density at radius 3 is 2.65 bits per heavy atom. The van der Waals surface area contributed by atoms with Gasteiger partial charge in [0.15, 0.2) is 17.5 Å². The third-order valence-electron chi connectivity index (χ3n) is 3.59. The first-order valence-corrected chi connectivity index (χ1v) is 7.63. The summed E-state index contributed by atoms with van der Waals surface area (Å²) in [5.74, 6) is 2.14. The summed E-state index contributed by atoms with van der Waals surface area (Å²) in [6, 6.07) is 5.55. The Morgan fingerprint density at radius 2 is 2.00 bits per heavy atom. The van der Waals surface area contributed by atoms with Gasteiger partial charge in [0, 0.05) is 6.54 Å². The molecule has 7 nitrogen and oxygen atoms in total.